The van der Waals surface area contributed by atoms with Gasteiger partial charge in [-0.3, -0.25) is 0 Å². The molecule has 2 rings (SSSR count). The van der Waals surface area contributed by atoms with Gasteiger partial charge in [0, 0.05) is 6.61 Å². The maximum atomic E-state index is 6.33. The van der Waals surface area contributed by atoms with Gasteiger partial charge in [-0.2, -0.15) is 0 Å². The molecular formula is C15H22ClIN2O. The molecule has 1 aliphatic rings. The highest BCUT2D eigenvalue weighted by Gasteiger charge is 2.38. The first-order valence-corrected chi connectivity index (χ1v) is 8.83. The van der Waals surface area contributed by atoms with Crippen molar-refractivity contribution in [3.8, 4) is 0 Å². The van der Waals surface area contributed by atoms with E-state index in [1.807, 2.05) is 6.92 Å². The predicted molar refractivity (Wildman–Crippen MR) is 90.2 cm³/mol. The summed E-state index contributed by atoms with van der Waals surface area (Å²) in [6.45, 7) is 7.00. The van der Waals surface area contributed by atoms with Gasteiger partial charge >= 0.3 is 0 Å². The zero-order valence-electron chi connectivity index (χ0n) is 12.4. The van der Waals surface area contributed by atoms with Crippen molar-refractivity contribution in [3.05, 3.63) is 20.2 Å². The first-order valence-electron chi connectivity index (χ1n) is 7.37. The van der Waals surface area contributed by atoms with Crippen LogP contribution in [-0.4, -0.2) is 16.6 Å². The van der Waals surface area contributed by atoms with Crippen LogP contribution in [0.1, 0.15) is 70.3 Å². The van der Waals surface area contributed by atoms with Crippen molar-refractivity contribution in [3.63, 3.8) is 0 Å². The van der Waals surface area contributed by atoms with Crippen LogP contribution >= 0.6 is 34.2 Å². The van der Waals surface area contributed by atoms with Crippen LogP contribution in [0.15, 0.2) is 0 Å². The summed E-state index contributed by atoms with van der Waals surface area (Å²) >= 11 is 8.57. The van der Waals surface area contributed by atoms with Gasteiger partial charge in [0.1, 0.15) is 10.8 Å². The SMILES string of the molecule is CCOC1(c2nc(Cl)c(I)c(C(C)C)n2)CCCCC1. The second-order valence-electron chi connectivity index (χ2n) is 5.68. The van der Waals surface area contributed by atoms with Crippen molar-refractivity contribution in [2.75, 3.05) is 6.61 Å². The Balaban J connectivity index is 2.48. The molecule has 0 amide bonds. The van der Waals surface area contributed by atoms with Gasteiger partial charge in [0.2, 0.25) is 0 Å². The van der Waals surface area contributed by atoms with Gasteiger partial charge in [-0.1, -0.05) is 44.7 Å². The largest absolute Gasteiger partial charge is 0.367 e. The molecule has 20 heavy (non-hydrogen) atoms. The standard InChI is InChI=1S/C15H22ClIN2O/c1-4-20-15(8-6-5-7-9-15)14-18-12(10(2)3)11(17)13(16)19-14/h10H,4-9H2,1-3H3. The number of nitrogens with zero attached hydrogens (tertiary/aromatic N) is 2. The number of aromatic nitrogens is 2. The monoisotopic (exact) mass is 408 g/mol. The molecule has 1 heterocycles. The third kappa shape index (κ3) is 3.28. The Morgan fingerprint density at radius 2 is 1.90 bits per heavy atom. The van der Waals surface area contributed by atoms with Crippen LogP contribution in [0.2, 0.25) is 5.15 Å². The molecule has 5 heteroatoms. The molecule has 1 saturated carbocycles. The topological polar surface area (TPSA) is 35.0 Å². The summed E-state index contributed by atoms with van der Waals surface area (Å²) in [5.41, 5.74) is 0.704. The van der Waals surface area contributed by atoms with Crippen LogP contribution in [0.4, 0.5) is 0 Å². The Bertz CT molecular complexity index is 468. The Hall–Kier alpha value is 0.0600. The summed E-state index contributed by atoms with van der Waals surface area (Å²) < 4.78 is 7.06. The summed E-state index contributed by atoms with van der Waals surface area (Å²) in [6.07, 6.45) is 5.60. The van der Waals surface area contributed by atoms with E-state index in [1.165, 1.54) is 19.3 Å². The van der Waals surface area contributed by atoms with Gasteiger partial charge in [0.15, 0.2) is 5.82 Å². The summed E-state index contributed by atoms with van der Waals surface area (Å²) in [4.78, 5) is 9.37. The molecule has 1 aromatic heterocycles. The minimum absolute atomic E-state index is 0.329. The molecule has 3 nitrogen and oxygen atoms in total. The highest BCUT2D eigenvalue weighted by atomic mass is 127. The van der Waals surface area contributed by atoms with Crippen LogP contribution in [0, 0.1) is 3.57 Å². The third-order valence-corrected chi connectivity index (χ3v) is 5.53. The fourth-order valence-corrected chi connectivity index (χ4v) is 3.89. The number of halogens is 2. The summed E-state index contributed by atoms with van der Waals surface area (Å²) in [7, 11) is 0. The molecule has 0 atom stereocenters. The first-order chi connectivity index (χ1) is 9.50. The Kier molecular flexibility index (Phi) is 5.65. The first kappa shape index (κ1) is 16.4. The van der Waals surface area contributed by atoms with Crippen molar-refractivity contribution in [2.24, 2.45) is 0 Å². The Morgan fingerprint density at radius 1 is 1.25 bits per heavy atom. The highest BCUT2D eigenvalue weighted by Crippen LogP contribution is 2.40. The summed E-state index contributed by atoms with van der Waals surface area (Å²) in [5, 5.41) is 0.559. The molecule has 1 aliphatic carbocycles. The van der Waals surface area contributed by atoms with E-state index in [2.05, 4.69) is 41.4 Å². The van der Waals surface area contributed by atoms with E-state index in [0.29, 0.717) is 17.7 Å². The van der Waals surface area contributed by atoms with Crippen molar-refractivity contribution < 1.29 is 4.74 Å². The fourth-order valence-electron chi connectivity index (χ4n) is 2.85. The van der Waals surface area contributed by atoms with Crippen LogP contribution in [-0.2, 0) is 10.3 Å². The minimum Gasteiger partial charge on any atom is -0.367 e. The van der Waals surface area contributed by atoms with E-state index in [4.69, 9.17) is 21.3 Å². The molecule has 0 aliphatic heterocycles. The molecule has 0 radical (unpaired) electrons. The van der Waals surface area contributed by atoms with Gasteiger partial charge < -0.3 is 4.74 Å². The zero-order valence-corrected chi connectivity index (χ0v) is 15.3. The highest BCUT2D eigenvalue weighted by molar-refractivity contribution is 14.1. The number of ether oxygens (including phenoxy) is 1. The van der Waals surface area contributed by atoms with Crippen LogP contribution in [0.5, 0.6) is 0 Å². The van der Waals surface area contributed by atoms with E-state index in [-0.39, 0.29) is 5.60 Å². The minimum atomic E-state index is -0.329. The lowest BCUT2D eigenvalue weighted by Crippen LogP contribution is -2.35. The molecular weight excluding hydrogens is 387 g/mol. The Labute approximate surface area is 140 Å². The molecule has 0 N–H and O–H groups in total. The van der Waals surface area contributed by atoms with E-state index in [1.54, 1.807) is 0 Å². The molecule has 1 aromatic rings. The molecule has 112 valence electrons. The smallest absolute Gasteiger partial charge is 0.162 e. The average molecular weight is 409 g/mol. The zero-order chi connectivity index (χ0) is 14.8. The van der Waals surface area contributed by atoms with E-state index < -0.39 is 0 Å². The molecule has 1 fully saturated rings. The lowest BCUT2D eigenvalue weighted by Gasteiger charge is -2.36. The average Bonchev–Trinajstić information content (AvgIpc) is 2.42. The molecule has 0 saturated heterocycles. The number of hydrogen-bond acceptors (Lipinski definition) is 3. The van der Waals surface area contributed by atoms with E-state index in [9.17, 15) is 0 Å². The quantitative estimate of drug-likeness (QED) is 0.516. The van der Waals surface area contributed by atoms with Crippen molar-refractivity contribution in [1.82, 2.24) is 9.97 Å². The summed E-state index contributed by atoms with van der Waals surface area (Å²) in [6, 6.07) is 0. The van der Waals surface area contributed by atoms with Gasteiger partial charge in [0.05, 0.1) is 9.26 Å². The van der Waals surface area contributed by atoms with Crippen LogP contribution in [0.3, 0.4) is 0 Å². The Morgan fingerprint density at radius 3 is 2.45 bits per heavy atom. The third-order valence-electron chi connectivity index (χ3n) is 3.87. The lowest BCUT2D eigenvalue weighted by atomic mass is 9.83. The van der Waals surface area contributed by atoms with Crippen molar-refractivity contribution in [1.29, 1.82) is 0 Å². The second-order valence-corrected chi connectivity index (χ2v) is 7.12. The normalized spacial score (nSPS) is 18.5. The second kappa shape index (κ2) is 6.88. The van der Waals surface area contributed by atoms with E-state index in [0.717, 1.165) is 27.9 Å². The maximum Gasteiger partial charge on any atom is 0.162 e. The molecule has 0 aromatic carbocycles. The number of hydrogen-bond donors (Lipinski definition) is 0. The van der Waals surface area contributed by atoms with Gasteiger partial charge in [-0.05, 0) is 48.3 Å². The van der Waals surface area contributed by atoms with E-state index >= 15 is 0 Å². The maximum absolute atomic E-state index is 6.33. The van der Waals surface area contributed by atoms with Crippen molar-refractivity contribution >= 4 is 34.2 Å². The molecule has 0 bridgehead atoms. The lowest BCUT2D eigenvalue weighted by molar-refractivity contribution is -0.0768. The van der Waals surface area contributed by atoms with Crippen LogP contribution < -0.4 is 0 Å². The predicted octanol–water partition coefficient (Wildman–Crippen LogP) is 5.05. The number of rotatable bonds is 4. The van der Waals surface area contributed by atoms with Crippen molar-refractivity contribution in [2.45, 2.75) is 64.4 Å². The summed E-state index contributed by atoms with van der Waals surface area (Å²) in [5.74, 6) is 1.12. The molecule has 0 unspecified atom stereocenters. The van der Waals surface area contributed by atoms with Gasteiger partial charge in [0.25, 0.3) is 0 Å². The fraction of sp³-hybridized carbons (Fsp3) is 0.733. The molecule has 0 spiro atoms. The van der Waals surface area contributed by atoms with Crippen LogP contribution in [0.25, 0.3) is 0 Å². The van der Waals surface area contributed by atoms with Gasteiger partial charge in [-0.15, -0.1) is 0 Å². The van der Waals surface area contributed by atoms with Gasteiger partial charge in [-0.25, -0.2) is 9.97 Å².